The van der Waals surface area contributed by atoms with Gasteiger partial charge in [-0.25, -0.2) is 4.39 Å². The maximum Gasteiger partial charge on any atom is 0.125 e. The molecular formula is C19H20FNO. The quantitative estimate of drug-likeness (QED) is 0.924. The van der Waals surface area contributed by atoms with Gasteiger partial charge in [0.1, 0.15) is 11.5 Å². The van der Waals surface area contributed by atoms with Gasteiger partial charge in [-0.05, 0) is 66.0 Å². The zero-order valence-corrected chi connectivity index (χ0v) is 12.4. The van der Waals surface area contributed by atoms with E-state index in [2.05, 4.69) is 4.90 Å². The molecule has 0 spiro atoms. The lowest BCUT2D eigenvalue weighted by molar-refractivity contribution is -0.130. The molecule has 0 radical (unpaired) electrons. The molecule has 1 aromatic rings. The number of halogens is 1. The summed E-state index contributed by atoms with van der Waals surface area (Å²) in [5.41, 5.74) is 0.580. The molecule has 2 saturated heterocycles. The fourth-order valence-electron chi connectivity index (χ4n) is 8.81. The predicted molar refractivity (Wildman–Crippen MR) is 78.1 cm³/mol. The first-order valence-electron chi connectivity index (χ1n) is 8.95. The normalized spacial score (nSPS) is 60.9. The Kier molecular flexibility index (Phi) is 1.66. The van der Waals surface area contributed by atoms with Crippen molar-refractivity contribution in [3.05, 3.63) is 35.6 Å². The van der Waals surface area contributed by atoms with Gasteiger partial charge in [0, 0.05) is 24.4 Å². The van der Waals surface area contributed by atoms with Gasteiger partial charge in [0.15, 0.2) is 0 Å². The molecule has 4 bridgehead atoms. The average Bonchev–Trinajstić information content (AvgIpc) is 3.09. The molecule has 0 amide bonds. The van der Waals surface area contributed by atoms with Gasteiger partial charge in [-0.3, -0.25) is 4.90 Å². The third kappa shape index (κ3) is 0.881. The largest absolute Gasteiger partial charge is 0.375 e. The first-order valence-corrected chi connectivity index (χ1v) is 8.95. The van der Waals surface area contributed by atoms with Crippen LogP contribution in [0.15, 0.2) is 24.3 Å². The molecule has 1 aromatic carbocycles. The van der Waals surface area contributed by atoms with E-state index in [4.69, 9.17) is 0 Å². The first kappa shape index (κ1) is 11.6. The van der Waals surface area contributed by atoms with Crippen molar-refractivity contribution in [2.24, 2.45) is 47.3 Å². The van der Waals surface area contributed by atoms with Crippen LogP contribution >= 0.6 is 0 Å². The lowest BCUT2D eigenvalue weighted by atomic mass is 9.59. The van der Waals surface area contributed by atoms with Crippen LogP contribution in [0.2, 0.25) is 0 Å². The number of hydrogen-bond acceptors (Lipinski definition) is 2. The average molecular weight is 297 g/mol. The maximum atomic E-state index is 13.4. The van der Waals surface area contributed by atoms with Gasteiger partial charge in [-0.15, -0.1) is 0 Å². The van der Waals surface area contributed by atoms with Crippen LogP contribution in [0.5, 0.6) is 0 Å². The van der Waals surface area contributed by atoms with E-state index in [9.17, 15) is 9.50 Å². The molecule has 2 nitrogen and oxygen atoms in total. The zero-order chi connectivity index (χ0) is 14.4. The standard InChI is InChI=1S/C19H20FNO/c20-9-3-1-2-8(6-9)4-5-21-18-14-10-7-11-13-12(10)15(18)17(13)19(21,22)16(11)14/h1-3,6,10-18,22H,4-5,7H2/t10?,11?,12-,13-,14?,15-,16?,17-,18?,19?/m1/s1. The summed E-state index contributed by atoms with van der Waals surface area (Å²) in [6, 6.07) is 7.62. The van der Waals surface area contributed by atoms with Crippen LogP contribution in [0.1, 0.15) is 12.0 Å². The van der Waals surface area contributed by atoms with Gasteiger partial charge in [-0.1, -0.05) is 12.1 Å². The second-order valence-corrected chi connectivity index (χ2v) is 8.77. The molecule has 5 aliphatic carbocycles. The van der Waals surface area contributed by atoms with Gasteiger partial charge in [0.25, 0.3) is 0 Å². The van der Waals surface area contributed by atoms with Crippen molar-refractivity contribution in [3.63, 3.8) is 0 Å². The molecule has 0 aromatic heterocycles. The third-order valence-electron chi connectivity index (χ3n) is 8.74. The van der Waals surface area contributed by atoms with Gasteiger partial charge in [-0.2, -0.15) is 0 Å². The van der Waals surface area contributed by atoms with Gasteiger partial charge >= 0.3 is 0 Å². The smallest absolute Gasteiger partial charge is 0.125 e. The van der Waals surface area contributed by atoms with E-state index in [0.717, 1.165) is 54.0 Å². The van der Waals surface area contributed by atoms with Gasteiger partial charge < -0.3 is 5.11 Å². The molecule has 22 heavy (non-hydrogen) atoms. The molecule has 7 aliphatic rings. The van der Waals surface area contributed by atoms with Crippen molar-refractivity contribution in [1.29, 1.82) is 0 Å². The minimum atomic E-state index is -0.482. The molecular weight excluding hydrogens is 277 g/mol. The monoisotopic (exact) mass is 297 g/mol. The maximum absolute atomic E-state index is 13.4. The summed E-state index contributed by atoms with van der Waals surface area (Å²) in [7, 11) is 0. The van der Waals surface area contributed by atoms with Crippen LogP contribution in [-0.4, -0.2) is 28.3 Å². The summed E-state index contributed by atoms with van der Waals surface area (Å²) in [5, 5.41) is 11.6. The van der Waals surface area contributed by atoms with Crippen LogP contribution in [0, 0.1) is 53.2 Å². The van der Waals surface area contributed by atoms with Crippen LogP contribution in [0.4, 0.5) is 4.39 Å². The minimum absolute atomic E-state index is 0.147. The molecule has 7 fully saturated rings. The molecule has 2 aliphatic heterocycles. The van der Waals surface area contributed by atoms with Gasteiger partial charge in [0.2, 0.25) is 0 Å². The molecule has 2 heterocycles. The van der Waals surface area contributed by atoms with E-state index < -0.39 is 5.72 Å². The predicted octanol–water partition coefficient (Wildman–Crippen LogP) is 2.13. The van der Waals surface area contributed by atoms with E-state index in [1.807, 2.05) is 6.07 Å². The number of nitrogens with zero attached hydrogens (tertiary/aromatic N) is 1. The zero-order valence-electron chi connectivity index (χ0n) is 12.4. The van der Waals surface area contributed by atoms with Crippen molar-refractivity contribution in [2.45, 2.75) is 24.6 Å². The summed E-state index contributed by atoms with van der Waals surface area (Å²) < 4.78 is 13.4. The van der Waals surface area contributed by atoms with E-state index in [1.54, 1.807) is 12.1 Å². The Morgan fingerprint density at radius 3 is 2.91 bits per heavy atom. The highest BCUT2D eigenvalue weighted by Gasteiger charge is 2.93. The lowest BCUT2D eigenvalue weighted by Crippen LogP contribution is -2.51. The summed E-state index contributed by atoms with van der Waals surface area (Å²) in [5.74, 6) is 6.25. The summed E-state index contributed by atoms with van der Waals surface area (Å²) in [6.45, 7) is 0.906. The highest BCUT2D eigenvalue weighted by Crippen LogP contribution is 2.90. The molecule has 5 saturated carbocycles. The highest BCUT2D eigenvalue weighted by atomic mass is 19.1. The van der Waals surface area contributed by atoms with Crippen LogP contribution in [0.3, 0.4) is 0 Å². The summed E-state index contributed by atoms with van der Waals surface area (Å²) in [6.07, 6.45) is 2.29. The third-order valence-corrected chi connectivity index (χ3v) is 8.74. The SMILES string of the molecule is OC12C3C4C5CC3[C@@H]3[C@@H]5[C@@H](C4N1CCc1cccc(F)c1)[C@@H]32. The van der Waals surface area contributed by atoms with Gasteiger partial charge in [0.05, 0.1) is 0 Å². The van der Waals surface area contributed by atoms with E-state index in [1.165, 1.54) is 12.5 Å². The van der Waals surface area contributed by atoms with Crippen molar-refractivity contribution in [2.75, 3.05) is 6.54 Å². The Morgan fingerprint density at radius 1 is 1.14 bits per heavy atom. The summed E-state index contributed by atoms with van der Waals surface area (Å²) >= 11 is 0. The van der Waals surface area contributed by atoms with Crippen LogP contribution in [-0.2, 0) is 6.42 Å². The Hall–Kier alpha value is -0.930. The molecule has 10 atom stereocenters. The summed E-state index contributed by atoms with van der Waals surface area (Å²) in [4.78, 5) is 2.48. The fourth-order valence-corrected chi connectivity index (χ4v) is 8.81. The van der Waals surface area contributed by atoms with E-state index >= 15 is 0 Å². The van der Waals surface area contributed by atoms with Crippen molar-refractivity contribution in [1.82, 2.24) is 4.90 Å². The molecule has 3 heteroatoms. The lowest BCUT2D eigenvalue weighted by Gasteiger charge is -2.45. The van der Waals surface area contributed by atoms with E-state index in [-0.39, 0.29) is 5.82 Å². The minimum Gasteiger partial charge on any atom is -0.375 e. The molecule has 114 valence electrons. The number of aliphatic hydroxyl groups is 1. The van der Waals surface area contributed by atoms with Crippen molar-refractivity contribution in [3.8, 4) is 0 Å². The highest BCUT2D eigenvalue weighted by molar-refractivity contribution is 5.40. The van der Waals surface area contributed by atoms with Crippen molar-refractivity contribution < 1.29 is 9.50 Å². The molecule has 6 unspecified atom stereocenters. The fraction of sp³-hybridized carbons (Fsp3) is 0.684. The Morgan fingerprint density at radius 2 is 2.05 bits per heavy atom. The van der Waals surface area contributed by atoms with Crippen molar-refractivity contribution >= 4 is 0 Å². The second kappa shape index (κ2) is 3.16. The number of benzene rings is 1. The molecule has 8 rings (SSSR count). The number of rotatable bonds is 3. The Balaban J connectivity index is 1.25. The topological polar surface area (TPSA) is 23.5 Å². The van der Waals surface area contributed by atoms with Crippen LogP contribution in [0.25, 0.3) is 0 Å². The number of hydrogen-bond donors (Lipinski definition) is 1. The Labute approximate surface area is 129 Å². The Bertz CT molecular complexity index is 721. The van der Waals surface area contributed by atoms with E-state index in [0.29, 0.717) is 17.9 Å². The second-order valence-electron chi connectivity index (χ2n) is 8.77. The first-order chi connectivity index (χ1) is 10.7. The van der Waals surface area contributed by atoms with Crippen LogP contribution < -0.4 is 0 Å². The molecule has 1 N–H and O–H groups in total.